The van der Waals surface area contributed by atoms with E-state index in [2.05, 4.69) is 5.32 Å². The lowest BCUT2D eigenvalue weighted by atomic mass is 10.3. The summed E-state index contributed by atoms with van der Waals surface area (Å²) >= 11 is 0. The zero-order chi connectivity index (χ0) is 18.9. The largest absolute Gasteiger partial charge is 0.493 e. The smallest absolute Gasteiger partial charge is 0.321 e. The van der Waals surface area contributed by atoms with Gasteiger partial charge in [0.25, 0.3) is 0 Å². The molecule has 0 aromatic heterocycles. The third-order valence-corrected chi connectivity index (χ3v) is 3.58. The predicted molar refractivity (Wildman–Crippen MR) is 101 cm³/mol. The van der Waals surface area contributed by atoms with Gasteiger partial charge in [0.05, 0.1) is 13.2 Å². The van der Waals surface area contributed by atoms with Crippen LogP contribution in [0, 0.1) is 5.82 Å². The van der Waals surface area contributed by atoms with Crippen molar-refractivity contribution in [3.05, 3.63) is 54.3 Å². The Bertz CT molecular complexity index is 687. The van der Waals surface area contributed by atoms with E-state index in [1.54, 1.807) is 24.1 Å². The number of hydrogen-bond donors (Lipinski definition) is 1. The number of nitrogens with zero attached hydrogens (tertiary/aromatic N) is 1. The molecule has 0 unspecified atom stereocenters. The molecule has 0 heterocycles. The van der Waals surface area contributed by atoms with Gasteiger partial charge < -0.3 is 14.8 Å². The molecule has 140 valence electrons. The number of halogens is 1. The second-order valence-corrected chi connectivity index (χ2v) is 6.16. The standard InChI is InChI=1S/C20H25FN2O3/c1-15(2)22-20(24)23(3)17-7-11-19(12-8-17)26-14-4-13-25-18-9-5-16(21)6-10-18/h5-12,15H,4,13-14H2,1-3H3,(H,22,24). The first-order valence-electron chi connectivity index (χ1n) is 8.61. The SMILES string of the molecule is CC(C)NC(=O)N(C)c1ccc(OCCCOc2ccc(F)cc2)cc1. The van der Waals surface area contributed by atoms with E-state index in [-0.39, 0.29) is 17.9 Å². The van der Waals surface area contributed by atoms with Gasteiger partial charge in [-0.3, -0.25) is 4.90 Å². The molecule has 0 spiro atoms. The quantitative estimate of drug-likeness (QED) is 0.717. The average molecular weight is 360 g/mol. The van der Waals surface area contributed by atoms with Crippen molar-refractivity contribution in [2.75, 3.05) is 25.2 Å². The summed E-state index contributed by atoms with van der Waals surface area (Å²) in [6.07, 6.45) is 0.704. The van der Waals surface area contributed by atoms with Crippen molar-refractivity contribution in [1.29, 1.82) is 0 Å². The molecule has 2 rings (SSSR count). The van der Waals surface area contributed by atoms with Gasteiger partial charge >= 0.3 is 6.03 Å². The number of ether oxygens (including phenoxy) is 2. The lowest BCUT2D eigenvalue weighted by Gasteiger charge is -2.20. The van der Waals surface area contributed by atoms with E-state index in [0.29, 0.717) is 25.4 Å². The van der Waals surface area contributed by atoms with Crippen LogP contribution in [0.25, 0.3) is 0 Å². The van der Waals surface area contributed by atoms with E-state index >= 15 is 0 Å². The Morgan fingerprint density at radius 3 is 2.00 bits per heavy atom. The van der Waals surface area contributed by atoms with E-state index in [9.17, 15) is 9.18 Å². The zero-order valence-electron chi connectivity index (χ0n) is 15.4. The molecule has 2 aromatic carbocycles. The number of carbonyl (C=O) groups is 1. The fourth-order valence-electron chi connectivity index (χ4n) is 2.20. The first-order chi connectivity index (χ1) is 12.5. The predicted octanol–water partition coefficient (Wildman–Crippen LogP) is 4.23. The average Bonchev–Trinajstić information content (AvgIpc) is 2.62. The van der Waals surface area contributed by atoms with Crippen LogP contribution in [0.5, 0.6) is 11.5 Å². The third-order valence-electron chi connectivity index (χ3n) is 3.58. The summed E-state index contributed by atoms with van der Waals surface area (Å²) in [5, 5.41) is 2.84. The Morgan fingerprint density at radius 2 is 1.50 bits per heavy atom. The molecule has 0 saturated carbocycles. The van der Waals surface area contributed by atoms with Crippen molar-refractivity contribution < 1.29 is 18.7 Å². The van der Waals surface area contributed by atoms with E-state index < -0.39 is 0 Å². The molecule has 0 saturated heterocycles. The number of hydrogen-bond acceptors (Lipinski definition) is 3. The highest BCUT2D eigenvalue weighted by atomic mass is 19.1. The molecule has 2 aromatic rings. The van der Waals surface area contributed by atoms with Crippen LogP contribution < -0.4 is 19.7 Å². The Hall–Kier alpha value is -2.76. The van der Waals surface area contributed by atoms with E-state index in [1.807, 2.05) is 38.1 Å². The Kier molecular flexibility index (Phi) is 7.26. The van der Waals surface area contributed by atoms with Crippen molar-refractivity contribution in [2.24, 2.45) is 0 Å². The maximum absolute atomic E-state index is 12.8. The maximum atomic E-state index is 12.8. The van der Waals surface area contributed by atoms with Gasteiger partial charge in [-0.1, -0.05) is 0 Å². The molecule has 5 nitrogen and oxygen atoms in total. The second kappa shape index (κ2) is 9.65. The van der Waals surface area contributed by atoms with Crippen molar-refractivity contribution in [2.45, 2.75) is 26.3 Å². The molecule has 0 atom stereocenters. The highest BCUT2D eigenvalue weighted by Crippen LogP contribution is 2.19. The molecular formula is C20H25FN2O3. The van der Waals surface area contributed by atoms with Gasteiger partial charge in [-0.05, 0) is 62.4 Å². The van der Waals surface area contributed by atoms with E-state index in [0.717, 1.165) is 11.4 Å². The summed E-state index contributed by atoms with van der Waals surface area (Å²) in [4.78, 5) is 13.5. The van der Waals surface area contributed by atoms with Gasteiger partial charge in [-0.15, -0.1) is 0 Å². The Morgan fingerprint density at radius 1 is 1.00 bits per heavy atom. The molecule has 0 aliphatic rings. The van der Waals surface area contributed by atoms with Crippen molar-refractivity contribution in [3.63, 3.8) is 0 Å². The third kappa shape index (κ3) is 6.27. The summed E-state index contributed by atoms with van der Waals surface area (Å²) in [5.74, 6) is 1.09. The van der Waals surface area contributed by atoms with Gasteiger partial charge in [0, 0.05) is 25.2 Å². The number of anilines is 1. The number of rotatable bonds is 8. The summed E-state index contributed by atoms with van der Waals surface area (Å²) in [7, 11) is 1.72. The molecule has 0 aliphatic carbocycles. The molecule has 0 radical (unpaired) electrons. The van der Waals surface area contributed by atoms with E-state index in [1.165, 1.54) is 12.1 Å². The lowest BCUT2D eigenvalue weighted by Crippen LogP contribution is -2.40. The maximum Gasteiger partial charge on any atom is 0.321 e. The summed E-state index contributed by atoms with van der Waals surface area (Å²) in [6.45, 7) is 4.83. The summed E-state index contributed by atoms with van der Waals surface area (Å²) in [6, 6.07) is 13.2. The van der Waals surface area contributed by atoms with Crippen LogP contribution >= 0.6 is 0 Å². The van der Waals surface area contributed by atoms with Crippen LogP contribution in [0.15, 0.2) is 48.5 Å². The van der Waals surface area contributed by atoms with Crippen LogP contribution in [0.4, 0.5) is 14.9 Å². The minimum atomic E-state index is -0.281. The number of amides is 2. The van der Waals surface area contributed by atoms with Crippen LogP contribution in [0.2, 0.25) is 0 Å². The lowest BCUT2D eigenvalue weighted by molar-refractivity contribution is 0.245. The molecule has 26 heavy (non-hydrogen) atoms. The van der Waals surface area contributed by atoms with Gasteiger partial charge in [0.15, 0.2) is 0 Å². The first kappa shape index (κ1) is 19.6. The highest BCUT2D eigenvalue weighted by Gasteiger charge is 2.11. The minimum absolute atomic E-state index is 0.0877. The van der Waals surface area contributed by atoms with Gasteiger partial charge in [-0.25, -0.2) is 9.18 Å². The Labute approximate surface area is 153 Å². The molecule has 2 amide bonds. The van der Waals surface area contributed by atoms with Crippen molar-refractivity contribution in [1.82, 2.24) is 5.32 Å². The van der Waals surface area contributed by atoms with Gasteiger partial charge in [0.1, 0.15) is 17.3 Å². The fraction of sp³-hybridized carbons (Fsp3) is 0.350. The second-order valence-electron chi connectivity index (χ2n) is 6.16. The first-order valence-corrected chi connectivity index (χ1v) is 8.61. The van der Waals surface area contributed by atoms with Crippen molar-refractivity contribution in [3.8, 4) is 11.5 Å². The topological polar surface area (TPSA) is 50.8 Å². The molecular weight excluding hydrogens is 335 g/mol. The number of carbonyl (C=O) groups excluding carboxylic acids is 1. The molecule has 0 aliphatic heterocycles. The number of urea groups is 1. The monoisotopic (exact) mass is 360 g/mol. The Balaban J connectivity index is 1.71. The van der Waals surface area contributed by atoms with Crippen LogP contribution in [-0.4, -0.2) is 32.3 Å². The van der Waals surface area contributed by atoms with Crippen LogP contribution in [0.3, 0.4) is 0 Å². The molecule has 1 N–H and O–H groups in total. The van der Waals surface area contributed by atoms with Crippen LogP contribution in [-0.2, 0) is 0 Å². The van der Waals surface area contributed by atoms with E-state index in [4.69, 9.17) is 9.47 Å². The van der Waals surface area contributed by atoms with Gasteiger partial charge in [-0.2, -0.15) is 0 Å². The number of benzene rings is 2. The summed E-state index contributed by atoms with van der Waals surface area (Å²) < 4.78 is 24.0. The normalized spacial score (nSPS) is 10.5. The molecule has 0 bridgehead atoms. The van der Waals surface area contributed by atoms with Crippen LogP contribution in [0.1, 0.15) is 20.3 Å². The molecule has 6 heteroatoms. The van der Waals surface area contributed by atoms with Gasteiger partial charge in [0.2, 0.25) is 0 Å². The fourth-order valence-corrected chi connectivity index (χ4v) is 2.20. The summed E-state index contributed by atoms with van der Waals surface area (Å²) in [5.41, 5.74) is 0.787. The highest BCUT2D eigenvalue weighted by molar-refractivity contribution is 5.91. The van der Waals surface area contributed by atoms with Crippen molar-refractivity contribution >= 4 is 11.7 Å². The number of nitrogens with one attached hydrogen (secondary N) is 1. The zero-order valence-corrected chi connectivity index (χ0v) is 15.4. The minimum Gasteiger partial charge on any atom is -0.493 e. The molecule has 0 fully saturated rings.